The highest BCUT2D eigenvalue weighted by molar-refractivity contribution is 5.77. The predicted octanol–water partition coefficient (Wildman–Crippen LogP) is 8.48. The number of alkyl halides is 3. The van der Waals surface area contributed by atoms with Gasteiger partial charge in [0.1, 0.15) is 11.6 Å². The first-order chi connectivity index (χ1) is 18.6. The van der Waals surface area contributed by atoms with Crippen LogP contribution in [0.2, 0.25) is 0 Å². The summed E-state index contributed by atoms with van der Waals surface area (Å²) in [7, 11) is 0. The van der Waals surface area contributed by atoms with E-state index in [4.69, 9.17) is 4.74 Å². The molecule has 1 aliphatic heterocycles. The summed E-state index contributed by atoms with van der Waals surface area (Å²) in [6.07, 6.45) is -1.93. The first-order valence-electron chi connectivity index (χ1n) is 13.6. The van der Waals surface area contributed by atoms with Gasteiger partial charge >= 0.3 is 12.1 Å². The van der Waals surface area contributed by atoms with Crippen LogP contribution in [0.25, 0.3) is 11.1 Å². The Hall–Kier alpha value is -3.19. The van der Waals surface area contributed by atoms with Gasteiger partial charge in [0.15, 0.2) is 0 Å². The zero-order valence-electron chi connectivity index (χ0n) is 22.6. The Morgan fingerprint density at radius 3 is 2.38 bits per heavy atom. The van der Waals surface area contributed by atoms with E-state index in [9.17, 15) is 22.4 Å². The lowest BCUT2D eigenvalue weighted by Crippen LogP contribution is -2.38. The van der Waals surface area contributed by atoms with E-state index in [-0.39, 0.29) is 23.6 Å². The summed E-state index contributed by atoms with van der Waals surface area (Å²) in [6.45, 7) is 8.06. The number of carbonyl (C=O) groups is 1. The van der Waals surface area contributed by atoms with Gasteiger partial charge in [-0.05, 0) is 78.2 Å². The zero-order valence-corrected chi connectivity index (χ0v) is 22.6. The van der Waals surface area contributed by atoms with Crippen molar-refractivity contribution in [2.75, 3.05) is 13.1 Å². The summed E-state index contributed by atoms with van der Waals surface area (Å²) in [4.78, 5) is 15.1. The standard InChI is InChI=1S/C32H35F4NO2/c1-4-6-22(3)31(38)39-30-8-5-7-27(23-9-13-25(14-10-23)32(34,35)36)29(30)20-37-18-17-21(2)28(19-37)24-11-15-26(33)16-12-24/h5,7-16,21-22,28H,4,6,17-20H2,1-3H3. The molecule has 3 aromatic rings. The van der Waals surface area contributed by atoms with Gasteiger partial charge in [-0.3, -0.25) is 9.69 Å². The third-order valence-corrected chi connectivity index (χ3v) is 7.71. The topological polar surface area (TPSA) is 29.5 Å². The number of rotatable bonds is 8. The summed E-state index contributed by atoms with van der Waals surface area (Å²) < 4.78 is 59.1. The molecule has 3 nitrogen and oxygen atoms in total. The smallest absolute Gasteiger partial charge is 0.416 e. The molecule has 7 heteroatoms. The van der Waals surface area contributed by atoms with E-state index >= 15 is 0 Å². The fraction of sp³-hybridized carbons (Fsp3) is 0.406. The molecular formula is C32H35F4NO2. The molecule has 0 radical (unpaired) electrons. The fourth-order valence-electron chi connectivity index (χ4n) is 5.34. The van der Waals surface area contributed by atoms with Gasteiger partial charge in [-0.1, -0.05) is 63.6 Å². The van der Waals surface area contributed by atoms with Gasteiger partial charge < -0.3 is 4.74 Å². The molecule has 0 saturated carbocycles. The maximum atomic E-state index is 13.6. The average molecular weight is 542 g/mol. The van der Waals surface area contributed by atoms with Crippen LogP contribution in [0.1, 0.15) is 62.6 Å². The monoisotopic (exact) mass is 541 g/mol. The molecule has 3 unspecified atom stereocenters. The molecule has 1 fully saturated rings. The number of benzene rings is 3. The minimum atomic E-state index is -4.42. The Bertz CT molecular complexity index is 1250. The molecule has 3 atom stereocenters. The summed E-state index contributed by atoms with van der Waals surface area (Å²) in [6, 6.07) is 17.1. The van der Waals surface area contributed by atoms with Crippen LogP contribution in [0.3, 0.4) is 0 Å². The molecule has 39 heavy (non-hydrogen) atoms. The molecular weight excluding hydrogens is 506 g/mol. The minimum absolute atomic E-state index is 0.202. The van der Waals surface area contributed by atoms with Gasteiger partial charge in [0.2, 0.25) is 0 Å². The van der Waals surface area contributed by atoms with E-state index < -0.39 is 11.7 Å². The number of halogens is 4. The van der Waals surface area contributed by atoms with Crippen LogP contribution >= 0.6 is 0 Å². The Balaban J connectivity index is 1.67. The second-order valence-electron chi connectivity index (χ2n) is 10.6. The van der Waals surface area contributed by atoms with Gasteiger partial charge in [-0.2, -0.15) is 13.2 Å². The molecule has 0 aromatic heterocycles. The molecule has 0 bridgehead atoms. The van der Waals surface area contributed by atoms with Crippen molar-refractivity contribution in [3.63, 3.8) is 0 Å². The lowest BCUT2D eigenvalue weighted by atomic mass is 9.81. The Kier molecular flexibility index (Phi) is 9.11. The molecule has 208 valence electrons. The Morgan fingerprint density at radius 2 is 1.74 bits per heavy atom. The number of ether oxygens (including phenoxy) is 1. The van der Waals surface area contributed by atoms with E-state index in [0.29, 0.717) is 30.2 Å². The average Bonchev–Trinajstić information content (AvgIpc) is 2.91. The summed E-state index contributed by atoms with van der Waals surface area (Å²) in [5.74, 6) is 0.179. The van der Waals surface area contributed by atoms with Crippen LogP contribution in [0.5, 0.6) is 5.75 Å². The van der Waals surface area contributed by atoms with Gasteiger partial charge in [-0.15, -0.1) is 0 Å². The zero-order chi connectivity index (χ0) is 28.2. The maximum absolute atomic E-state index is 13.6. The third-order valence-electron chi connectivity index (χ3n) is 7.71. The van der Waals surface area contributed by atoms with Crippen LogP contribution in [0.15, 0.2) is 66.7 Å². The summed E-state index contributed by atoms with van der Waals surface area (Å²) in [5, 5.41) is 0. The van der Waals surface area contributed by atoms with Gasteiger partial charge in [0.05, 0.1) is 11.5 Å². The molecule has 1 heterocycles. The molecule has 0 spiro atoms. The number of likely N-dealkylation sites (tertiary alicyclic amines) is 1. The van der Waals surface area contributed by atoms with E-state index in [2.05, 4.69) is 11.8 Å². The van der Waals surface area contributed by atoms with Crippen molar-refractivity contribution in [2.45, 2.75) is 58.7 Å². The number of hydrogen-bond acceptors (Lipinski definition) is 3. The molecule has 0 aliphatic carbocycles. The molecule has 1 aliphatic rings. The highest BCUT2D eigenvalue weighted by Crippen LogP contribution is 2.38. The molecule has 3 aromatic carbocycles. The highest BCUT2D eigenvalue weighted by atomic mass is 19.4. The lowest BCUT2D eigenvalue weighted by molar-refractivity contribution is -0.139. The largest absolute Gasteiger partial charge is 0.426 e. The van der Waals surface area contributed by atoms with Crippen molar-refractivity contribution in [3.8, 4) is 16.9 Å². The normalized spacial score (nSPS) is 19.1. The van der Waals surface area contributed by atoms with E-state index in [1.54, 1.807) is 12.1 Å². The summed E-state index contributed by atoms with van der Waals surface area (Å²) in [5.41, 5.74) is 2.48. The van der Waals surface area contributed by atoms with E-state index in [1.807, 2.05) is 32.0 Å². The third kappa shape index (κ3) is 7.07. The van der Waals surface area contributed by atoms with Crippen LogP contribution in [0, 0.1) is 17.7 Å². The SMILES string of the molecule is CCCC(C)C(=O)Oc1cccc(-c2ccc(C(F)(F)F)cc2)c1CN1CCC(C)C(c2ccc(F)cc2)C1. The molecule has 0 N–H and O–H groups in total. The van der Waals surface area contributed by atoms with Crippen molar-refractivity contribution in [1.82, 2.24) is 4.90 Å². The maximum Gasteiger partial charge on any atom is 0.416 e. The van der Waals surface area contributed by atoms with Crippen molar-refractivity contribution in [3.05, 3.63) is 89.2 Å². The van der Waals surface area contributed by atoms with E-state index in [0.717, 1.165) is 54.8 Å². The Morgan fingerprint density at radius 1 is 1.05 bits per heavy atom. The van der Waals surface area contributed by atoms with Crippen molar-refractivity contribution in [2.24, 2.45) is 11.8 Å². The van der Waals surface area contributed by atoms with Gasteiger partial charge in [0, 0.05) is 18.7 Å². The van der Waals surface area contributed by atoms with Crippen molar-refractivity contribution >= 4 is 5.97 Å². The van der Waals surface area contributed by atoms with Crippen LogP contribution in [-0.4, -0.2) is 24.0 Å². The van der Waals surface area contributed by atoms with Crippen LogP contribution in [-0.2, 0) is 17.5 Å². The van der Waals surface area contributed by atoms with Gasteiger partial charge in [0.25, 0.3) is 0 Å². The first kappa shape index (κ1) is 28.8. The summed E-state index contributed by atoms with van der Waals surface area (Å²) >= 11 is 0. The van der Waals surface area contributed by atoms with Crippen molar-refractivity contribution in [1.29, 1.82) is 0 Å². The van der Waals surface area contributed by atoms with E-state index in [1.165, 1.54) is 24.3 Å². The first-order valence-corrected chi connectivity index (χ1v) is 13.6. The number of piperidine rings is 1. The number of nitrogens with zero attached hydrogens (tertiary/aromatic N) is 1. The number of esters is 1. The van der Waals surface area contributed by atoms with Crippen molar-refractivity contribution < 1.29 is 27.1 Å². The van der Waals surface area contributed by atoms with Crippen LogP contribution < -0.4 is 4.74 Å². The molecule has 0 amide bonds. The lowest BCUT2D eigenvalue weighted by Gasteiger charge is -2.38. The number of hydrogen-bond donors (Lipinski definition) is 0. The minimum Gasteiger partial charge on any atom is -0.426 e. The Labute approximate surface area is 227 Å². The predicted molar refractivity (Wildman–Crippen MR) is 145 cm³/mol. The second-order valence-corrected chi connectivity index (χ2v) is 10.6. The fourth-order valence-corrected chi connectivity index (χ4v) is 5.34. The second kappa shape index (κ2) is 12.3. The quantitative estimate of drug-likeness (QED) is 0.163. The molecule has 1 saturated heterocycles. The van der Waals surface area contributed by atoms with Crippen LogP contribution in [0.4, 0.5) is 17.6 Å². The molecule has 4 rings (SSSR count). The number of carbonyl (C=O) groups excluding carboxylic acids is 1. The highest BCUT2D eigenvalue weighted by Gasteiger charge is 2.31. The van der Waals surface area contributed by atoms with Gasteiger partial charge in [-0.25, -0.2) is 4.39 Å².